The Morgan fingerprint density at radius 2 is 1.84 bits per heavy atom. The summed E-state index contributed by atoms with van der Waals surface area (Å²) < 4.78 is 3.75. The number of imidazole rings is 1. The number of aromatic nitrogens is 4. The molecule has 0 spiro atoms. The van der Waals surface area contributed by atoms with Gasteiger partial charge < -0.3 is 9.67 Å². The zero-order valence-electron chi connectivity index (χ0n) is 13.7. The summed E-state index contributed by atoms with van der Waals surface area (Å²) in [4.78, 5) is 4.59. The number of halogens is 1. The Hall–Kier alpha value is -2.63. The van der Waals surface area contributed by atoms with Crippen LogP contribution in [0.3, 0.4) is 0 Å². The van der Waals surface area contributed by atoms with Crippen molar-refractivity contribution in [2.75, 3.05) is 6.61 Å². The summed E-state index contributed by atoms with van der Waals surface area (Å²) in [5.41, 5.74) is 4.42. The van der Waals surface area contributed by atoms with Crippen molar-refractivity contribution < 1.29 is 5.11 Å². The zero-order chi connectivity index (χ0) is 17.4. The summed E-state index contributed by atoms with van der Waals surface area (Å²) in [6.07, 6.45) is 1.74. The van der Waals surface area contributed by atoms with E-state index in [2.05, 4.69) is 4.98 Å². The fraction of sp³-hybridized carbons (Fsp3) is 0.158. The second-order valence-electron chi connectivity index (χ2n) is 5.83. The first-order chi connectivity index (χ1) is 12.2. The van der Waals surface area contributed by atoms with Crippen molar-refractivity contribution in [1.82, 2.24) is 19.3 Å². The van der Waals surface area contributed by atoms with E-state index in [4.69, 9.17) is 16.7 Å². The molecule has 2 aromatic heterocycles. The number of hydrogen-bond acceptors (Lipinski definition) is 3. The highest BCUT2D eigenvalue weighted by Crippen LogP contribution is 2.37. The number of aliphatic hydroxyl groups is 1. The normalized spacial score (nSPS) is 11.3. The van der Waals surface area contributed by atoms with Crippen LogP contribution in [-0.2, 0) is 13.6 Å². The predicted octanol–water partition coefficient (Wildman–Crippen LogP) is 3.75. The van der Waals surface area contributed by atoms with E-state index in [-0.39, 0.29) is 6.61 Å². The molecule has 0 atom stereocenters. The van der Waals surface area contributed by atoms with E-state index in [0.29, 0.717) is 11.6 Å². The maximum Gasteiger partial charge on any atom is 0.120 e. The fourth-order valence-corrected chi connectivity index (χ4v) is 3.41. The molecule has 6 heteroatoms. The van der Waals surface area contributed by atoms with Gasteiger partial charge in [-0.2, -0.15) is 5.10 Å². The van der Waals surface area contributed by atoms with E-state index < -0.39 is 0 Å². The third-order valence-corrected chi connectivity index (χ3v) is 4.59. The highest BCUT2D eigenvalue weighted by Gasteiger charge is 2.22. The highest BCUT2D eigenvalue weighted by atomic mass is 35.5. The summed E-state index contributed by atoms with van der Waals surface area (Å²) in [5, 5.41) is 15.7. The topological polar surface area (TPSA) is 55.9 Å². The summed E-state index contributed by atoms with van der Waals surface area (Å²) in [7, 11) is 1.90. The number of fused-ring (bicyclic) bond motifs is 1. The van der Waals surface area contributed by atoms with Crippen molar-refractivity contribution in [1.29, 1.82) is 0 Å². The maximum atomic E-state index is 9.44. The van der Waals surface area contributed by atoms with Crippen molar-refractivity contribution in [3.8, 4) is 22.6 Å². The van der Waals surface area contributed by atoms with E-state index in [0.717, 1.165) is 33.5 Å². The highest BCUT2D eigenvalue weighted by molar-refractivity contribution is 6.36. The van der Waals surface area contributed by atoms with Gasteiger partial charge in [-0.3, -0.25) is 4.68 Å². The number of aryl methyl sites for hydroxylation is 1. The molecular weight excluding hydrogens is 336 g/mol. The lowest BCUT2D eigenvalue weighted by Crippen LogP contribution is -2.03. The average Bonchev–Trinajstić information content (AvgIpc) is 3.18. The van der Waals surface area contributed by atoms with Crippen LogP contribution in [0, 0.1) is 0 Å². The largest absolute Gasteiger partial charge is 0.395 e. The number of hydrogen-bond donors (Lipinski definition) is 1. The summed E-state index contributed by atoms with van der Waals surface area (Å²) >= 11 is 6.49. The zero-order valence-corrected chi connectivity index (χ0v) is 14.5. The summed E-state index contributed by atoms with van der Waals surface area (Å²) in [6, 6.07) is 15.7. The number of aliphatic hydroxyl groups excluding tert-OH is 1. The lowest BCUT2D eigenvalue weighted by molar-refractivity contribution is 0.276. The van der Waals surface area contributed by atoms with Gasteiger partial charge in [0.15, 0.2) is 0 Å². The van der Waals surface area contributed by atoms with Crippen molar-refractivity contribution >= 4 is 22.5 Å². The van der Waals surface area contributed by atoms with Crippen LogP contribution in [-0.4, -0.2) is 31.0 Å². The van der Waals surface area contributed by atoms with Crippen molar-refractivity contribution in [3.05, 3.63) is 59.9 Å². The molecule has 0 aliphatic carbocycles. The van der Waals surface area contributed by atoms with Crippen LogP contribution in [0.15, 0.2) is 54.9 Å². The lowest BCUT2D eigenvalue weighted by Gasteiger charge is -2.08. The van der Waals surface area contributed by atoms with Gasteiger partial charge >= 0.3 is 0 Å². The smallest absolute Gasteiger partial charge is 0.120 e. The minimum absolute atomic E-state index is 0.0239. The van der Waals surface area contributed by atoms with Gasteiger partial charge in [-0.1, -0.05) is 48.0 Å². The molecule has 0 saturated carbocycles. The molecule has 25 heavy (non-hydrogen) atoms. The molecule has 0 radical (unpaired) electrons. The molecule has 0 saturated heterocycles. The Bertz CT molecular complexity index is 1040. The molecule has 4 aromatic rings. The third kappa shape index (κ3) is 2.62. The summed E-state index contributed by atoms with van der Waals surface area (Å²) in [5.74, 6) is 0. The van der Waals surface area contributed by atoms with Gasteiger partial charge in [0, 0.05) is 24.5 Å². The molecule has 1 N–H and O–H groups in total. The van der Waals surface area contributed by atoms with Crippen molar-refractivity contribution in [2.24, 2.45) is 7.05 Å². The van der Waals surface area contributed by atoms with E-state index in [1.54, 1.807) is 6.33 Å². The van der Waals surface area contributed by atoms with Crippen molar-refractivity contribution in [2.45, 2.75) is 6.54 Å². The van der Waals surface area contributed by atoms with Crippen LogP contribution >= 0.6 is 11.6 Å². The monoisotopic (exact) mass is 352 g/mol. The Morgan fingerprint density at radius 3 is 2.60 bits per heavy atom. The van der Waals surface area contributed by atoms with Crippen LogP contribution in [0.1, 0.15) is 0 Å². The third-order valence-electron chi connectivity index (χ3n) is 4.28. The average molecular weight is 353 g/mol. The van der Waals surface area contributed by atoms with Gasteiger partial charge in [0.1, 0.15) is 5.69 Å². The molecule has 5 nitrogen and oxygen atoms in total. The van der Waals surface area contributed by atoms with Gasteiger partial charge in [0.05, 0.1) is 34.9 Å². The Kier molecular flexibility index (Phi) is 4.03. The molecule has 0 bridgehead atoms. The molecule has 0 aliphatic rings. The number of nitrogens with zero attached hydrogens (tertiary/aromatic N) is 4. The first-order valence-electron chi connectivity index (χ1n) is 8.03. The van der Waals surface area contributed by atoms with Gasteiger partial charge in [-0.25, -0.2) is 4.98 Å². The van der Waals surface area contributed by atoms with Crippen LogP contribution in [0.25, 0.3) is 33.5 Å². The number of benzene rings is 2. The number of rotatable bonds is 4. The predicted molar refractivity (Wildman–Crippen MR) is 99.5 cm³/mol. The Balaban J connectivity index is 2.04. The second kappa shape index (κ2) is 6.35. The van der Waals surface area contributed by atoms with Gasteiger partial charge in [-0.15, -0.1) is 0 Å². The Morgan fingerprint density at radius 1 is 1.04 bits per heavy atom. The summed E-state index contributed by atoms with van der Waals surface area (Å²) in [6.45, 7) is 0.466. The first kappa shape index (κ1) is 15.9. The molecule has 0 amide bonds. The molecule has 0 aliphatic heterocycles. The maximum absolute atomic E-state index is 9.44. The van der Waals surface area contributed by atoms with Gasteiger partial charge in [-0.05, 0) is 12.1 Å². The van der Waals surface area contributed by atoms with Gasteiger partial charge in [0.2, 0.25) is 0 Å². The van der Waals surface area contributed by atoms with Crippen molar-refractivity contribution in [3.63, 3.8) is 0 Å². The molecule has 126 valence electrons. The molecule has 2 heterocycles. The van der Waals surface area contributed by atoms with Crippen LogP contribution < -0.4 is 0 Å². The van der Waals surface area contributed by atoms with Gasteiger partial charge in [0.25, 0.3) is 0 Å². The quantitative estimate of drug-likeness (QED) is 0.608. The fourth-order valence-electron chi connectivity index (χ4n) is 3.15. The molecule has 4 rings (SSSR count). The minimum Gasteiger partial charge on any atom is -0.395 e. The molecular formula is C19H17ClN4O. The van der Waals surface area contributed by atoms with Crippen LogP contribution in [0.2, 0.25) is 5.02 Å². The molecule has 0 unspecified atom stereocenters. The first-order valence-corrected chi connectivity index (χ1v) is 8.41. The Labute approximate surface area is 150 Å². The van der Waals surface area contributed by atoms with Crippen LogP contribution in [0.5, 0.6) is 0 Å². The molecule has 0 fully saturated rings. The van der Waals surface area contributed by atoms with E-state index >= 15 is 0 Å². The van der Waals surface area contributed by atoms with E-state index in [1.807, 2.05) is 64.8 Å². The minimum atomic E-state index is 0.0239. The lowest BCUT2D eigenvalue weighted by atomic mass is 10.1. The van der Waals surface area contributed by atoms with Crippen LogP contribution in [0.4, 0.5) is 0 Å². The SMILES string of the molecule is Cn1nc(-c2c(-c3ccccc3)ncn2CCO)c2c(Cl)cccc21. The van der Waals surface area contributed by atoms with E-state index in [9.17, 15) is 5.11 Å². The van der Waals surface area contributed by atoms with E-state index in [1.165, 1.54) is 0 Å². The molecule has 2 aromatic carbocycles. The second-order valence-corrected chi connectivity index (χ2v) is 6.24. The standard InChI is InChI=1S/C19H17ClN4O/c1-23-15-9-5-8-14(20)16(15)18(22-23)19-17(13-6-3-2-4-7-13)21-12-24(19)10-11-25/h2-9,12,25H,10-11H2,1H3.